The van der Waals surface area contributed by atoms with E-state index in [4.69, 9.17) is 4.74 Å². The van der Waals surface area contributed by atoms with Gasteiger partial charge in [-0.2, -0.15) is 0 Å². The molecule has 1 aromatic heterocycles. The zero-order chi connectivity index (χ0) is 8.81. The SMILES string of the molecule is C/C=C/COc1cc(Br)ncn1. The van der Waals surface area contributed by atoms with E-state index < -0.39 is 0 Å². The average Bonchev–Trinajstić information content (AvgIpc) is 2.05. The topological polar surface area (TPSA) is 35.0 Å². The highest BCUT2D eigenvalue weighted by Crippen LogP contribution is 2.11. The second kappa shape index (κ2) is 4.87. The first-order valence-electron chi connectivity index (χ1n) is 3.54. The van der Waals surface area contributed by atoms with Crippen LogP contribution in [-0.4, -0.2) is 16.6 Å². The molecule has 0 aliphatic rings. The molecule has 64 valence electrons. The smallest absolute Gasteiger partial charge is 0.217 e. The van der Waals surface area contributed by atoms with Crippen molar-refractivity contribution >= 4 is 15.9 Å². The predicted octanol–water partition coefficient (Wildman–Crippen LogP) is 2.19. The van der Waals surface area contributed by atoms with Crippen molar-refractivity contribution in [1.82, 2.24) is 9.97 Å². The van der Waals surface area contributed by atoms with Crippen molar-refractivity contribution in [2.75, 3.05) is 6.61 Å². The van der Waals surface area contributed by atoms with Crippen molar-refractivity contribution in [2.24, 2.45) is 0 Å². The molecule has 0 saturated carbocycles. The molecule has 1 rings (SSSR count). The highest BCUT2D eigenvalue weighted by Gasteiger charge is 1.94. The van der Waals surface area contributed by atoms with Crippen LogP contribution in [0, 0.1) is 0 Å². The molecule has 4 heteroatoms. The Morgan fingerprint density at radius 1 is 1.58 bits per heavy atom. The van der Waals surface area contributed by atoms with Crippen LogP contribution < -0.4 is 4.74 Å². The molecule has 0 N–H and O–H groups in total. The summed E-state index contributed by atoms with van der Waals surface area (Å²) >= 11 is 3.22. The molecule has 0 aromatic carbocycles. The minimum Gasteiger partial charge on any atom is -0.473 e. The number of hydrogen-bond donors (Lipinski definition) is 0. The molecular weight excluding hydrogens is 220 g/mol. The number of nitrogens with zero attached hydrogens (tertiary/aromatic N) is 2. The van der Waals surface area contributed by atoms with Crippen LogP contribution in [0.4, 0.5) is 0 Å². The summed E-state index contributed by atoms with van der Waals surface area (Å²) in [4.78, 5) is 7.79. The third-order valence-corrected chi connectivity index (χ3v) is 1.61. The fourth-order valence-electron chi connectivity index (χ4n) is 0.626. The van der Waals surface area contributed by atoms with Crippen LogP contribution in [0.2, 0.25) is 0 Å². The third kappa shape index (κ3) is 3.00. The molecule has 0 saturated heterocycles. The summed E-state index contributed by atoms with van der Waals surface area (Å²) in [6, 6.07) is 1.73. The number of aromatic nitrogens is 2. The second-order valence-corrected chi connectivity index (χ2v) is 2.87. The lowest BCUT2D eigenvalue weighted by molar-refractivity contribution is 0.347. The summed E-state index contributed by atoms with van der Waals surface area (Å²) in [6.07, 6.45) is 5.29. The highest BCUT2D eigenvalue weighted by atomic mass is 79.9. The van der Waals surface area contributed by atoms with Crippen LogP contribution in [0.25, 0.3) is 0 Å². The van der Waals surface area contributed by atoms with Crippen LogP contribution >= 0.6 is 15.9 Å². The fourth-order valence-corrected chi connectivity index (χ4v) is 0.913. The van der Waals surface area contributed by atoms with Crippen LogP contribution in [0.3, 0.4) is 0 Å². The maximum absolute atomic E-state index is 5.26. The molecule has 0 spiro atoms. The lowest BCUT2D eigenvalue weighted by Crippen LogP contribution is -1.95. The first-order valence-corrected chi connectivity index (χ1v) is 4.33. The van der Waals surface area contributed by atoms with Gasteiger partial charge < -0.3 is 4.74 Å². The number of rotatable bonds is 3. The van der Waals surface area contributed by atoms with E-state index in [1.165, 1.54) is 6.33 Å². The highest BCUT2D eigenvalue weighted by molar-refractivity contribution is 9.10. The standard InChI is InChI=1S/C8H9BrN2O/c1-2-3-4-12-8-5-7(9)10-6-11-8/h2-3,5-6H,4H2,1H3/b3-2+. The van der Waals surface area contributed by atoms with Crippen molar-refractivity contribution < 1.29 is 4.74 Å². The van der Waals surface area contributed by atoms with Crippen LogP contribution in [0.1, 0.15) is 6.92 Å². The van der Waals surface area contributed by atoms with Crippen molar-refractivity contribution in [3.8, 4) is 5.88 Å². The van der Waals surface area contributed by atoms with Gasteiger partial charge in [-0.25, -0.2) is 9.97 Å². The van der Waals surface area contributed by atoms with Gasteiger partial charge in [-0.05, 0) is 22.9 Å². The Kier molecular flexibility index (Phi) is 3.73. The molecular formula is C8H9BrN2O. The normalized spacial score (nSPS) is 10.5. The summed E-state index contributed by atoms with van der Waals surface area (Å²) in [5.74, 6) is 0.579. The third-order valence-electron chi connectivity index (χ3n) is 1.17. The van der Waals surface area contributed by atoms with Gasteiger partial charge in [-0.15, -0.1) is 0 Å². The van der Waals surface area contributed by atoms with Crippen molar-refractivity contribution in [3.63, 3.8) is 0 Å². The van der Waals surface area contributed by atoms with E-state index >= 15 is 0 Å². The molecule has 0 fully saturated rings. The number of hydrogen-bond acceptors (Lipinski definition) is 3. The molecule has 12 heavy (non-hydrogen) atoms. The van der Waals surface area contributed by atoms with Crippen molar-refractivity contribution in [3.05, 3.63) is 29.1 Å². The molecule has 0 unspecified atom stereocenters. The van der Waals surface area contributed by atoms with Gasteiger partial charge in [0, 0.05) is 6.07 Å². The van der Waals surface area contributed by atoms with Gasteiger partial charge in [0.05, 0.1) is 0 Å². The van der Waals surface area contributed by atoms with E-state index in [1.807, 2.05) is 19.1 Å². The van der Waals surface area contributed by atoms with Gasteiger partial charge in [-0.3, -0.25) is 0 Å². The lowest BCUT2D eigenvalue weighted by Gasteiger charge is -2.00. The molecule has 1 heterocycles. The zero-order valence-corrected chi connectivity index (χ0v) is 8.28. The van der Waals surface area contributed by atoms with Gasteiger partial charge in [0.25, 0.3) is 0 Å². The first-order chi connectivity index (χ1) is 5.83. The van der Waals surface area contributed by atoms with Crippen molar-refractivity contribution in [2.45, 2.75) is 6.92 Å². The molecule has 3 nitrogen and oxygen atoms in total. The Labute approximate surface area is 79.6 Å². The Morgan fingerprint density at radius 3 is 3.08 bits per heavy atom. The number of halogens is 1. The first kappa shape index (κ1) is 9.19. The second-order valence-electron chi connectivity index (χ2n) is 2.06. The predicted molar refractivity (Wildman–Crippen MR) is 50.0 cm³/mol. The molecule has 0 aliphatic heterocycles. The van der Waals surface area contributed by atoms with Crippen LogP contribution in [0.5, 0.6) is 5.88 Å². The van der Waals surface area contributed by atoms with Gasteiger partial charge in [-0.1, -0.05) is 12.2 Å². The van der Waals surface area contributed by atoms with Crippen molar-refractivity contribution in [1.29, 1.82) is 0 Å². The minimum absolute atomic E-state index is 0.542. The van der Waals surface area contributed by atoms with E-state index in [-0.39, 0.29) is 0 Å². The zero-order valence-electron chi connectivity index (χ0n) is 6.70. The summed E-state index contributed by atoms with van der Waals surface area (Å²) in [7, 11) is 0. The quantitative estimate of drug-likeness (QED) is 0.588. The van der Waals surface area contributed by atoms with Gasteiger partial charge in [0.15, 0.2) is 0 Å². The van der Waals surface area contributed by atoms with E-state index in [2.05, 4.69) is 25.9 Å². The van der Waals surface area contributed by atoms with E-state index in [1.54, 1.807) is 6.07 Å². The summed E-state index contributed by atoms with van der Waals surface area (Å²) in [6.45, 7) is 2.49. The number of ether oxygens (including phenoxy) is 1. The Morgan fingerprint density at radius 2 is 2.42 bits per heavy atom. The minimum atomic E-state index is 0.542. The molecule has 0 aliphatic carbocycles. The van der Waals surface area contributed by atoms with Gasteiger partial charge in [0.2, 0.25) is 5.88 Å². The molecule has 0 bridgehead atoms. The Balaban J connectivity index is 2.52. The monoisotopic (exact) mass is 228 g/mol. The average molecular weight is 229 g/mol. The van der Waals surface area contributed by atoms with Gasteiger partial charge >= 0.3 is 0 Å². The van der Waals surface area contributed by atoms with Crippen LogP contribution in [-0.2, 0) is 0 Å². The maximum atomic E-state index is 5.26. The lowest BCUT2D eigenvalue weighted by atomic mass is 10.5. The fraction of sp³-hybridized carbons (Fsp3) is 0.250. The van der Waals surface area contributed by atoms with E-state index in [9.17, 15) is 0 Å². The summed E-state index contributed by atoms with van der Waals surface area (Å²) in [5, 5.41) is 0. The molecule has 1 aromatic rings. The molecule has 0 radical (unpaired) electrons. The molecule has 0 amide bonds. The number of allylic oxidation sites excluding steroid dienone is 1. The summed E-state index contributed by atoms with van der Waals surface area (Å²) in [5.41, 5.74) is 0. The largest absolute Gasteiger partial charge is 0.473 e. The van der Waals surface area contributed by atoms with E-state index in [0.717, 1.165) is 4.60 Å². The van der Waals surface area contributed by atoms with E-state index in [0.29, 0.717) is 12.5 Å². The Bertz CT molecular complexity index is 276. The van der Waals surface area contributed by atoms with Gasteiger partial charge in [0.1, 0.15) is 17.5 Å². The maximum Gasteiger partial charge on any atom is 0.217 e. The molecule has 0 atom stereocenters. The van der Waals surface area contributed by atoms with Crippen LogP contribution in [0.15, 0.2) is 29.1 Å². The summed E-state index contributed by atoms with van der Waals surface area (Å²) < 4.78 is 5.99. The Hall–Kier alpha value is -0.900.